The van der Waals surface area contributed by atoms with Gasteiger partial charge in [0.25, 0.3) is 0 Å². The molecule has 18 heavy (non-hydrogen) atoms. The SMILES string of the molecule is CN(C)CCNC(=O)CNCCC1=CCCCC1. The van der Waals surface area contributed by atoms with Crippen molar-refractivity contribution in [3.05, 3.63) is 11.6 Å². The van der Waals surface area contributed by atoms with Crippen LogP contribution in [0.25, 0.3) is 0 Å². The van der Waals surface area contributed by atoms with Crippen molar-refractivity contribution in [3.8, 4) is 0 Å². The average molecular weight is 253 g/mol. The largest absolute Gasteiger partial charge is 0.354 e. The van der Waals surface area contributed by atoms with Crippen LogP contribution in [0.15, 0.2) is 11.6 Å². The zero-order valence-electron chi connectivity index (χ0n) is 11.8. The third-order valence-corrected chi connectivity index (χ3v) is 3.17. The van der Waals surface area contributed by atoms with E-state index in [2.05, 4.69) is 21.6 Å². The molecule has 1 aliphatic rings. The van der Waals surface area contributed by atoms with Gasteiger partial charge in [-0.25, -0.2) is 0 Å². The van der Waals surface area contributed by atoms with Crippen LogP contribution in [-0.4, -0.2) is 51.1 Å². The smallest absolute Gasteiger partial charge is 0.234 e. The summed E-state index contributed by atoms with van der Waals surface area (Å²) < 4.78 is 0. The molecule has 0 saturated heterocycles. The average Bonchev–Trinajstić information content (AvgIpc) is 2.35. The Bertz CT molecular complexity index is 274. The van der Waals surface area contributed by atoms with Crippen LogP contribution in [-0.2, 0) is 4.79 Å². The Hall–Kier alpha value is -0.870. The van der Waals surface area contributed by atoms with Crippen LogP contribution >= 0.6 is 0 Å². The summed E-state index contributed by atoms with van der Waals surface area (Å²) in [7, 11) is 4.00. The molecule has 0 bridgehead atoms. The predicted octanol–water partition coefficient (Wildman–Crippen LogP) is 1.14. The molecule has 104 valence electrons. The molecule has 4 nitrogen and oxygen atoms in total. The molecule has 0 saturated carbocycles. The Balaban J connectivity index is 1.96. The van der Waals surface area contributed by atoms with Crippen molar-refractivity contribution in [1.29, 1.82) is 0 Å². The number of carbonyl (C=O) groups is 1. The second kappa shape index (κ2) is 9.11. The summed E-state index contributed by atoms with van der Waals surface area (Å²) in [5, 5.41) is 6.10. The van der Waals surface area contributed by atoms with E-state index in [0.29, 0.717) is 6.54 Å². The first-order chi connectivity index (χ1) is 8.68. The van der Waals surface area contributed by atoms with E-state index in [0.717, 1.165) is 26.1 Å². The molecule has 0 aromatic rings. The summed E-state index contributed by atoms with van der Waals surface area (Å²) in [6.07, 6.45) is 8.60. The van der Waals surface area contributed by atoms with Crippen molar-refractivity contribution >= 4 is 5.91 Å². The summed E-state index contributed by atoms with van der Waals surface area (Å²) in [5.74, 6) is 0.0921. The van der Waals surface area contributed by atoms with Crippen molar-refractivity contribution in [3.63, 3.8) is 0 Å². The van der Waals surface area contributed by atoms with Crippen LogP contribution in [0.1, 0.15) is 32.1 Å². The molecule has 1 amide bonds. The second-order valence-corrected chi connectivity index (χ2v) is 5.19. The van der Waals surface area contributed by atoms with Crippen LogP contribution in [0.5, 0.6) is 0 Å². The van der Waals surface area contributed by atoms with Gasteiger partial charge in [-0.2, -0.15) is 0 Å². The van der Waals surface area contributed by atoms with E-state index >= 15 is 0 Å². The van der Waals surface area contributed by atoms with Gasteiger partial charge in [0.05, 0.1) is 6.54 Å². The molecule has 0 fully saturated rings. The Morgan fingerprint density at radius 1 is 1.33 bits per heavy atom. The topological polar surface area (TPSA) is 44.4 Å². The zero-order chi connectivity index (χ0) is 13.2. The third-order valence-electron chi connectivity index (χ3n) is 3.17. The Morgan fingerprint density at radius 2 is 2.17 bits per heavy atom. The minimum absolute atomic E-state index is 0.0921. The van der Waals surface area contributed by atoms with Gasteiger partial charge < -0.3 is 15.5 Å². The van der Waals surface area contributed by atoms with Crippen LogP contribution in [0, 0.1) is 0 Å². The maximum Gasteiger partial charge on any atom is 0.234 e. The number of hydrogen-bond acceptors (Lipinski definition) is 3. The molecule has 0 spiro atoms. The number of likely N-dealkylation sites (N-methyl/N-ethyl adjacent to an activating group) is 1. The van der Waals surface area contributed by atoms with Crippen LogP contribution in [0.2, 0.25) is 0 Å². The molecule has 0 atom stereocenters. The maximum absolute atomic E-state index is 11.5. The summed E-state index contributed by atoms with van der Waals surface area (Å²) in [4.78, 5) is 13.5. The summed E-state index contributed by atoms with van der Waals surface area (Å²) in [6.45, 7) is 2.95. The molecule has 4 heteroatoms. The van der Waals surface area contributed by atoms with Gasteiger partial charge in [-0.15, -0.1) is 0 Å². The molecular weight excluding hydrogens is 226 g/mol. The highest BCUT2D eigenvalue weighted by molar-refractivity contribution is 5.77. The molecule has 0 aromatic heterocycles. The fraction of sp³-hybridized carbons (Fsp3) is 0.786. The van der Waals surface area contributed by atoms with Gasteiger partial charge in [-0.1, -0.05) is 11.6 Å². The third kappa shape index (κ3) is 7.45. The standard InChI is InChI=1S/C14H27N3O/c1-17(2)11-10-16-14(18)12-15-9-8-13-6-4-3-5-7-13/h6,15H,3-5,7-12H2,1-2H3,(H,16,18). The Labute approximate surface area is 111 Å². The first kappa shape index (κ1) is 15.2. The summed E-state index contributed by atoms with van der Waals surface area (Å²) >= 11 is 0. The van der Waals surface area contributed by atoms with Gasteiger partial charge in [-0.3, -0.25) is 4.79 Å². The van der Waals surface area contributed by atoms with Crippen molar-refractivity contribution in [1.82, 2.24) is 15.5 Å². The minimum atomic E-state index is 0.0921. The number of nitrogens with zero attached hydrogens (tertiary/aromatic N) is 1. The van der Waals surface area contributed by atoms with Crippen LogP contribution in [0.4, 0.5) is 0 Å². The molecule has 1 aliphatic carbocycles. The lowest BCUT2D eigenvalue weighted by Gasteiger charge is -2.13. The van der Waals surface area contributed by atoms with Gasteiger partial charge in [0.1, 0.15) is 0 Å². The van der Waals surface area contributed by atoms with Gasteiger partial charge in [-0.05, 0) is 52.7 Å². The van der Waals surface area contributed by atoms with E-state index in [1.54, 1.807) is 5.57 Å². The normalized spacial score (nSPS) is 15.6. The van der Waals surface area contributed by atoms with Gasteiger partial charge in [0.2, 0.25) is 5.91 Å². The monoisotopic (exact) mass is 253 g/mol. The second-order valence-electron chi connectivity index (χ2n) is 5.19. The number of carbonyl (C=O) groups excluding carboxylic acids is 1. The highest BCUT2D eigenvalue weighted by Crippen LogP contribution is 2.19. The van der Waals surface area contributed by atoms with Gasteiger partial charge >= 0.3 is 0 Å². The first-order valence-corrected chi connectivity index (χ1v) is 6.98. The fourth-order valence-electron chi connectivity index (χ4n) is 2.06. The van der Waals surface area contributed by atoms with E-state index in [4.69, 9.17) is 0 Å². The van der Waals surface area contributed by atoms with E-state index in [1.165, 1.54) is 25.7 Å². The fourth-order valence-corrected chi connectivity index (χ4v) is 2.06. The number of allylic oxidation sites excluding steroid dienone is 1. The van der Waals surface area contributed by atoms with Crippen molar-refractivity contribution in [2.45, 2.75) is 32.1 Å². The lowest BCUT2D eigenvalue weighted by molar-refractivity contribution is -0.120. The summed E-state index contributed by atoms with van der Waals surface area (Å²) in [5.41, 5.74) is 1.56. The van der Waals surface area contributed by atoms with Gasteiger partial charge in [0, 0.05) is 13.1 Å². The van der Waals surface area contributed by atoms with Crippen molar-refractivity contribution in [2.75, 3.05) is 40.3 Å². The van der Waals surface area contributed by atoms with Crippen molar-refractivity contribution in [2.24, 2.45) is 0 Å². The molecular formula is C14H27N3O. The molecule has 0 aliphatic heterocycles. The van der Waals surface area contributed by atoms with Crippen LogP contribution in [0.3, 0.4) is 0 Å². The predicted molar refractivity (Wildman–Crippen MR) is 75.6 cm³/mol. The van der Waals surface area contributed by atoms with E-state index in [-0.39, 0.29) is 5.91 Å². The first-order valence-electron chi connectivity index (χ1n) is 6.98. The molecule has 0 aromatic carbocycles. The molecule has 0 unspecified atom stereocenters. The molecule has 2 N–H and O–H groups in total. The maximum atomic E-state index is 11.5. The highest BCUT2D eigenvalue weighted by Gasteiger charge is 2.04. The van der Waals surface area contributed by atoms with Crippen LogP contribution < -0.4 is 10.6 Å². The highest BCUT2D eigenvalue weighted by atomic mass is 16.1. The van der Waals surface area contributed by atoms with E-state index in [9.17, 15) is 4.79 Å². The van der Waals surface area contributed by atoms with E-state index in [1.807, 2.05) is 14.1 Å². The molecule has 0 radical (unpaired) electrons. The molecule has 1 rings (SSSR count). The zero-order valence-corrected chi connectivity index (χ0v) is 11.8. The van der Waals surface area contributed by atoms with Crippen molar-refractivity contribution < 1.29 is 4.79 Å². The number of nitrogens with one attached hydrogen (secondary N) is 2. The lowest BCUT2D eigenvalue weighted by atomic mass is 9.97. The quantitative estimate of drug-likeness (QED) is 0.504. The number of amides is 1. The Morgan fingerprint density at radius 3 is 2.83 bits per heavy atom. The van der Waals surface area contributed by atoms with Gasteiger partial charge in [0.15, 0.2) is 0 Å². The van der Waals surface area contributed by atoms with E-state index < -0.39 is 0 Å². The number of rotatable bonds is 8. The Kier molecular flexibility index (Phi) is 7.69. The lowest BCUT2D eigenvalue weighted by Crippen LogP contribution is -2.37. The molecule has 0 heterocycles. The number of hydrogen-bond donors (Lipinski definition) is 2. The summed E-state index contributed by atoms with van der Waals surface area (Å²) in [6, 6.07) is 0. The minimum Gasteiger partial charge on any atom is -0.354 e.